The summed E-state index contributed by atoms with van der Waals surface area (Å²) in [5.41, 5.74) is 0.0358. The van der Waals surface area contributed by atoms with Gasteiger partial charge in [0.2, 0.25) is 0 Å². The lowest BCUT2D eigenvalue weighted by molar-refractivity contribution is 0.0195. The van der Waals surface area contributed by atoms with Gasteiger partial charge in [-0.2, -0.15) is 0 Å². The van der Waals surface area contributed by atoms with Crippen LogP contribution in [0, 0.1) is 5.41 Å². The van der Waals surface area contributed by atoms with Gasteiger partial charge in [-0.05, 0) is 5.41 Å². The van der Waals surface area contributed by atoms with Crippen molar-refractivity contribution in [3.63, 3.8) is 0 Å². The van der Waals surface area contributed by atoms with Crippen LogP contribution in [0.15, 0.2) is 18.6 Å². The molecule has 0 spiro atoms. The number of carbonyl (C=O) groups is 2. The largest absolute Gasteiger partial charge is 0.465 e. The SMILES string of the molecule is CC(C)(C)C1CN(C(=O)c2cnccn2)CCN1C(=O)O. The van der Waals surface area contributed by atoms with Crippen LogP contribution in [0.5, 0.6) is 0 Å². The van der Waals surface area contributed by atoms with E-state index in [-0.39, 0.29) is 23.1 Å². The minimum absolute atomic E-state index is 0.206. The normalized spacial score (nSPS) is 19.5. The molecule has 1 fully saturated rings. The molecule has 0 aromatic carbocycles. The third-order valence-corrected chi connectivity index (χ3v) is 3.70. The number of rotatable bonds is 1. The Bertz CT molecular complexity index is 527. The van der Waals surface area contributed by atoms with Crippen molar-refractivity contribution >= 4 is 12.0 Å². The van der Waals surface area contributed by atoms with Gasteiger partial charge in [0.15, 0.2) is 0 Å². The second-order valence-electron chi connectivity index (χ2n) is 6.20. The van der Waals surface area contributed by atoms with E-state index in [1.54, 1.807) is 4.90 Å². The van der Waals surface area contributed by atoms with Crippen LogP contribution >= 0.6 is 0 Å². The van der Waals surface area contributed by atoms with Crippen molar-refractivity contribution in [1.82, 2.24) is 19.8 Å². The quantitative estimate of drug-likeness (QED) is 0.843. The standard InChI is InChI=1S/C14H20N4O3/c1-14(2,3)11-9-17(6-7-18(11)13(20)21)12(19)10-8-15-4-5-16-10/h4-5,8,11H,6-7,9H2,1-3H3,(H,20,21). The molecule has 0 saturated carbocycles. The van der Waals surface area contributed by atoms with E-state index in [0.717, 1.165) is 0 Å². The molecule has 1 saturated heterocycles. The highest BCUT2D eigenvalue weighted by Gasteiger charge is 2.39. The Kier molecular flexibility index (Phi) is 4.11. The van der Waals surface area contributed by atoms with Crippen LogP contribution in [-0.2, 0) is 0 Å². The molecular weight excluding hydrogens is 272 g/mol. The molecule has 0 aliphatic carbocycles. The third kappa shape index (κ3) is 3.29. The fraction of sp³-hybridized carbons (Fsp3) is 0.571. The molecule has 1 atom stereocenters. The Balaban J connectivity index is 2.18. The second kappa shape index (κ2) is 5.67. The summed E-state index contributed by atoms with van der Waals surface area (Å²) in [7, 11) is 0. The molecule has 7 nitrogen and oxygen atoms in total. The molecule has 2 rings (SSSR count). The zero-order valence-corrected chi connectivity index (χ0v) is 12.5. The van der Waals surface area contributed by atoms with E-state index in [4.69, 9.17) is 0 Å². The summed E-state index contributed by atoms with van der Waals surface area (Å²) in [4.78, 5) is 34.7. The van der Waals surface area contributed by atoms with Crippen molar-refractivity contribution in [3.8, 4) is 0 Å². The summed E-state index contributed by atoms with van der Waals surface area (Å²) in [6, 6.07) is -0.246. The van der Waals surface area contributed by atoms with Crippen molar-refractivity contribution in [1.29, 1.82) is 0 Å². The van der Waals surface area contributed by atoms with Crippen LogP contribution in [0.25, 0.3) is 0 Å². The zero-order chi connectivity index (χ0) is 15.6. The number of hydrogen-bond donors (Lipinski definition) is 1. The second-order valence-corrected chi connectivity index (χ2v) is 6.20. The van der Waals surface area contributed by atoms with Crippen LogP contribution < -0.4 is 0 Å². The fourth-order valence-corrected chi connectivity index (χ4v) is 2.51. The predicted molar refractivity (Wildman–Crippen MR) is 75.9 cm³/mol. The Labute approximate surface area is 123 Å². The fourth-order valence-electron chi connectivity index (χ4n) is 2.51. The summed E-state index contributed by atoms with van der Waals surface area (Å²) in [5.74, 6) is -0.206. The summed E-state index contributed by atoms with van der Waals surface area (Å²) < 4.78 is 0. The molecule has 114 valence electrons. The minimum atomic E-state index is -0.943. The van der Waals surface area contributed by atoms with Gasteiger partial charge in [-0.25, -0.2) is 9.78 Å². The van der Waals surface area contributed by atoms with Crippen molar-refractivity contribution < 1.29 is 14.7 Å². The van der Waals surface area contributed by atoms with Gasteiger partial charge < -0.3 is 14.9 Å². The van der Waals surface area contributed by atoms with Gasteiger partial charge in [0.25, 0.3) is 5.91 Å². The van der Waals surface area contributed by atoms with Crippen LogP contribution in [-0.4, -0.2) is 62.6 Å². The number of amides is 2. The number of hydrogen-bond acceptors (Lipinski definition) is 4. The van der Waals surface area contributed by atoms with Crippen molar-refractivity contribution in [3.05, 3.63) is 24.3 Å². The molecule has 1 aromatic heterocycles. The van der Waals surface area contributed by atoms with E-state index in [1.165, 1.54) is 23.5 Å². The maximum Gasteiger partial charge on any atom is 0.407 e. The van der Waals surface area contributed by atoms with E-state index >= 15 is 0 Å². The van der Waals surface area contributed by atoms with Crippen molar-refractivity contribution in [2.45, 2.75) is 26.8 Å². The van der Waals surface area contributed by atoms with E-state index in [0.29, 0.717) is 19.6 Å². The highest BCUT2D eigenvalue weighted by molar-refractivity contribution is 5.92. The van der Waals surface area contributed by atoms with Gasteiger partial charge in [0.05, 0.1) is 12.2 Å². The number of carbonyl (C=O) groups excluding carboxylic acids is 1. The third-order valence-electron chi connectivity index (χ3n) is 3.70. The molecule has 1 N–H and O–H groups in total. The minimum Gasteiger partial charge on any atom is -0.465 e. The lowest BCUT2D eigenvalue weighted by atomic mass is 9.84. The molecule has 2 amide bonds. The lowest BCUT2D eigenvalue weighted by Crippen LogP contribution is -2.60. The molecule has 7 heteroatoms. The number of nitrogens with zero attached hydrogens (tertiary/aromatic N) is 4. The Morgan fingerprint density at radius 2 is 2.00 bits per heavy atom. The highest BCUT2D eigenvalue weighted by Crippen LogP contribution is 2.28. The number of piperazine rings is 1. The smallest absolute Gasteiger partial charge is 0.407 e. The first-order chi connectivity index (χ1) is 9.80. The van der Waals surface area contributed by atoms with E-state index < -0.39 is 6.09 Å². The molecule has 0 radical (unpaired) electrons. The van der Waals surface area contributed by atoms with Gasteiger partial charge in [-0.3, -0.25) is 9.78 Å². The average molecular weight is 292 g/mol. The van der Waals surface area contributed by atoms with Gasteiger partial charge >= 0.3 is 6.09 Å². The first-order valence-corrected chi connectivity index (χ1v) is 6.85. The number of aromatic nitrogens is 2. The maximum absolute atomic E-state index is 12.4. The van der Waals surface area contributed by atoms with Crippen LogP contribution in [0.3, 0.4) is 0 Å². The van der Waals surface area contributed by atoms with Gasteiger partial charge in [0, 0.05) is 32.0 Å². The summed E-state index contributed by atoms with van der Waals surface area (Å²) in [5, 5.41) is 9.31. The Hall–Kier alpha value is -2.18. The van der Waals surface area contributed by atoms with Crippen LogP contribution in [0.1, 0.15) is 31.3 Å². The van der Waals surface area contributed by atoms with Gasteiger partial charge in [-0.1, -0.05) is 20.8 Å². The lowest BCUT2D eigenvalue weighted by Gasteiger charge is -2.45. The zero-order valence-electron chi connectivity index (χ0n) is 12.5. The van der Waals surface area contributed by atoms with Crippen LogP contribution in [0.2, 0.25) is 0 Å². The van der Waals surface area contributed by atoms with Crippen molar-refractivity contribution in [2.75, 3.05) is 19.6 Å². The first kappa shape index (κ1) is 15.2. The topological polar surface area (TPSA) is 86.6 Å². The molecule has 1 unspecified atom stereocenters. The molecule has 21 heavy (non-hydrogen) atoms. The molecule has 2 heterocycles. The number of carboxylic acid groups (broad SMARTS) is 1. The summed E-state index contributed by atoms with van der Waals surface area (Å²) >= 11 is 0. The Morgan fingerprint density at radius 1 is 1.29 bits per heavy atom. The molecule has 1 aliphatic heterocycles. The van der Waals surface area contributed by atoms with Gasteiger partial charge in [0.1, 0.15) is 5.69 Å². The van der Waals surface area contributed by atoms with E-state index in [1.807, 2.05) is 20.8 Å². The molecule has 1 aliphatic rings. The highest BCUT2D eigenvalue weighted by atomic mass is 16.4. The maximum atomic E-state index is 12.4. The summed E-state index contributed by atoms with van der Waals surface area (Å²) in [6.07, 6.45) is 3.47. The molecular formula is C14H20N4O3. The van der Waals surface area contributed by atoms with E-state index in [9.17, 15) is 14.7 Å². The summed E-state index contributed by atoms with van der Waals surface area (Å²) in [6.45, 7) is 6.97. The Morgan fingerprint density at radius 3 is 2.52 bits per heavy atom. The van der Waals surface area contributed by atoms with E-state index in [2.05, 4.69) is 9.97 Å². The van der Waals surface area contributed by atoms with Crippen LogP contribution in [0.4, 0.5) is 4.79 Å². The van der Waals surface area contributed by atoms with Gasteiger partial charge in [-0.15, -0.1) is 0 Å². The molecule has 1 aromatic rings. The predicted octanol–water partition coefficient (Wildman–Crippen LogP) is 1.33. The van der Waals surface area contributed by atoms with Crippen molar-refractivity contribution in [2.24, 2.45) is 5.41 Å². The molecule has 0 bridgehead atoms. The first-order valence-electron chi connectivity index (χ1n) is 6.85. The average Bonchev–Trinajstić information content (AvgIpc) is 2.45. The monoisotopic (exact) mass is 292 g/mol.